The van der Waals surface area contributed by atoms with Crippen LogP contribution in [-0.2, 0) is 11.3 Å². The first-order valence-electron chi connectivity index (χ1n) is 5.76. The fourth-order valence-electron chi connectivity index (χ4n) is 1.79. The Morgan fingerprint density at radius 3 is 2.67 bits per heavy atom. The van der Waals surface area contributed by atoms with Crippen molar-refractivity contribution >= 4 is 33.5 Å². The summed E-state index contributed by atoms with van der Waals surface area (Å²) >= 11 is 9.36. The van der Waals surface area contributed by atoms with Gasteiger partial charge in [0, 0.05) is 17.6 Å². The number of halogens is 2. The molecule has 1 aromatic rings. The summed E-state index contributed by atoms with van der Waals surface area (Å²) in [6.45, 7) is 5.54. The Hall–Kier alpha value is -0.580. The minimum Gasteiger partial charge on any atom is -0.480 e. The Bertz CT molecular complexity index is 423. The number of aliphatic carboxylic acids is 1. The van der Waals surface area contributed by atoms with Gasteiger partial charge in [0.15, 0.2) is 0 Å². The molecule has 0 saturated heterocycles. The molecule has 0 aliphatic heterocycles. The average molecular weight is 335 g/mol. The largest absolute Gasteiger partial charge is 0.480 e. The van der Waals surface area contributed by atoms with Crippen molar-refractivity contribution in [1.29, 1.82) is 0 Å². The van der Waals surface area contributed by atoms with E-state index in [1.165, 1.54) is 0 Å². The van der Waals surface area contributed by atoms with Crippen molar-refractivity contribution in [2.75, 3.05) is 13.1 Å². The van der Waals surface area contributed by atoms with E-state index in [2.05, 4.69) is 29.8 Å². The van der Waals surface area contributed by atoms with E-state index in [1.54, 1.807) is 0 Å². The van der Waals surface area contributed by atoms with Crippen LogP contribution in [0.1, 0.15) is 19.4 Å². The third-order valence-corrected chi connectivity index (χ3v) is 3.60. The maximum absolute atomic E-state index is 10.8. The summed E-state index contributed by atoms with van der Waals surface area (Å²) in [5.41, 5.74) is 1.02. The van der Waals surface area contributed by atoms with Gasteiger partial charge in [-0.1, -0.05) is 31.5 Å². The van der Waals surface area contributed by atoms with Gasteiger partial charge in [-0.15, -0.1) is 0 Å². The van der Waals surface area contributed by atoms with Crippen molar-refractivity contribution in [1.82, 2.24) is 4.90 Å². The SMILES string of the molecule is CC(C)CN(CC(=O)O)Cc1ccc(Br)c(Cl)c1. The van der Waals surface area contributed by atoms with Crippen LogP contribution in [0.15, 0.2) is 22.7 Å². The number of carboxylic acid groups (broad SMARTS) is 1. The van der Waals surface area contributed by atoms with Crippen LogP contribution in [0.4, 0.5) is 0 Å². The second-order valence-corrected chi connectivity index (χ2v) is 5.97. The molecular formula is C13H17BrClNO2. The summed E-state index contributed by atoms with van der Waals surface area (Å²) in [5, 5.41) is 9.54. The van der Waals surface area contributed by atoms with Gasteiger partial charge in [0.05, 0.1) is 11.6 Å². The molecule has 1 rings (SSSR count). The van der Waals surface area contributed by atoms with Gasteiger partial charge >= 0.3 is 5.97 Å². The van der Waals surface area contributed by atoms with Crippen molar-refractivity contribution in [2.24, 2.45) is 5.92 Å². The molecule has 18 heavy (non-hydrogen) atoms. The van der Waals surface area contributed by atoms with Crippen molar-refractivity contribution in [3.8, 4) is 0 Å². The molecule has 5 heteroatoms. The highest BCUT2D eigenvalue weighted by molar-refractivity contribution is 9.10. The molecule has 0 amide bonds. The molecule has 1 aromatic carbocycles. The zero-order valence-corrected chi connectivity index (χ0v) is 12.8. The molecule has 1 N–H and O–H groups in total. The fraction of sp³-hybridized carbons (Fsp3) is 0.462. The highest BCUT2D eigenvalue weighted by Crippen LogP contribution is 2.23. The molecule has 0 fully saturated rings. The Kier molecular flexibility index (Phi) is 6.12. The van der Waals surface area contributed by atoms with Gasteiger partial charge in [-0.25, -0.2) is 0 Å². The lowest BCUT2D eigenvalue weighted by molar-refractivity contribution is -0.138. The van der Waals surface area contributed by atoms with Crippen LogP contribution >= 0.6 is 27.5 Å². The summed E-state index contributed by atoms with van der Waals surface area (Å²) in [7, 11) is 0. The van der Waals surface area contributed by atoms with E-state index in [1.807, 2.05) is 23.1 Å². The Morgan fingerprint density at radius 2 is 2.17 bits per heavy atom. The Labute approximate surface area is 121 Å². The Morgan fingerprint density at radius 1 is 1.50 bits per heavy atom. The fourth-order valence-corrected chi connectivity index (χ4v) is 2.24. The highest BCUT2D eigenvalue weighted by atomic mass is 79.9. The number of benzene rings is 1. The third kappa shape index (κ3) is 5.38. The van der Waals surface area contributed by atoms with E-state index in [-0.39, 0.29) is 6.54 Å². The first-order chi connectivity index (χ1) is 8.38. The van der Waals surface area contributed by atoms with Crippen LogP contribution in [0.3, 0.4) is 0 Å². The molecule has 0 unspecified atom stereocenters. The molecule has 0 aromatic heterocycles. The van der Waals surface area contributed by atoms with E-state index in [4.69, 9.17) is 16.7 Å². The lowest BCUT2D eigenvalue weighted by atomic mass is 10.1. The maximum Gasteiger partial charge on any atom is 0.317 e. The molecule has 0 heterocycles. The summed E-state index contributed by atoms with van der Waals surface area (Å²) in [4.78, 5) is 12.7. The van der Waals surface area contributed by atoms with Gasteiger partial charge in [-0.3, -0.25) is 9.69 Å². The van der Waals surface area contributed by atoms with E-state index in [9.17, 15) is 4.79 Å². The van der Waals surface area contributed by atoms with Crippen LogP contribution in [-0.4, -0.2) is 29.1 Å². The Balaban J connectivity index is 2.74. The van der Waals surface area contributed by atoms with Gasteiger partial charge in [0.2, 0.25) is 0 Å². The van der Waals surface area contributed by atoms with Crippen molar-refractivity contribution < 1.29 is 9.90 Å². The predicted molar refractivity (Wildman–Crippen MR) is 76.9 cm³/mol. The highest BCUT2D eigenvalue weighted by Gasteiger charge is 2.12. The summed E-state index contributed by atoms with van der Waals surface area (Å²) in [6, 6.07) is 5.69. The first-order valence-corrected chi connectivity index (χ1v) is 6.93. The van der Waals surface area contributed by atoms with Crippen molar-refractivity contribution in [3.05, 3.63) is 33.3 Å². The smallest absolute Gasteiger partial charge is 0.317 e. The predicted octanol–water partition coefficient (Wildman–Crippen LogP) is 3.65. The maximum atomic E-state index is 10.8. The molecule has 0 aliphatic rings. The number of hydrogen-bond acceptors (Lipinski definition) is 2. The van der Waals surface area contributed by atoms with Gasteiger partial charge in [-0.05, 0) is 39.5 Å². The molecule has 0 bridgehead atoms. The number of nitrogens with zero attached hydrogens (tertiary/aromatic N) is 1. The van der Waals surface area contributed by atoms with E-state index >= 15 is 0 Å². The van der Waals surface area contributed by atoms with Gasteiger partial charge in [0.1, 0.15) is 0 Å². The van der Waals surface area contributed by atoms with Gasteiger partial charge in [-0.2, -0.15) is 0 Å². The number of carboxylic acids is 1. The van der Waals surface area contributed by atoms with Crippen LogP contribution in [0, 0.1) is 5.92 Å². The van der Waals surface area contributed by atoms with E-state index < -0.39 is 5.97 Å². The molecule has 0 aliphatic carbocycles. The zero-order valence-electron chi connectivity index (χ0n) is 10.5. The van der Waals surface area contributed by atoms with Crippen LogP contribution in [0.25, 0.3) is 0 Å². The topological polar surface area (TPSA) is 40.5 Å². The molecule has 3 nitrogen and oxygen atoms in total. The molecule has 100 valence electrons. The molecule has 0 atom stereocenters. The number of rotatable bonds is 6. The van der Waals surface area contributed by atoms with Crippen molar-refractivity contribution in [3.63, 3.8) is 0 Å². The summed E-state index contributed by atoms with van der Waals surface area (Å²) in [5.74, 6) is -0.380. The number of hydrogen-bond donors (Lipinski definition) is 1. The first kappa shape index (κ1) is 15.5. The minimum absolute atomic E-state index is 0.0475. The lowest BCUT2D eigenvalue weighted by Gasteiger charge is -2.22. The minimum atomic E-state index is -0.807. The van der Waals surface area contributed by atoms with Crippen molar-refractivity contribution in [2.45, 2.75) is 20.4 Å². The van der Waals surface area contributed by atoms with Crippen LogP contribution in [0.5, 0.6) is 0 Å². The normalized spacial score (nSPS) is 11.2. The van der Waals surface area contributed by atoms with E-state index in [0.717, 1.165) is 16.6 Å². The second-order valence-electron chi connectivity index (χ2n) is 4.71. The molecular weight excluding hydrogens is 318 g/mol. The standard InChI is InChI=1S/C13H17BrClNO2/c1-9(2)6-16(8-13(17)18)7-10-3-4-11(14)12(15)5-10/h3-5,9H,6-8H2,1-2H3,(H,17,18). The zero-order chi connectivity index (χ0) is 13.7. The van der Waals surface area contributed by atoms with Crippen LogP contribution < -0.4 is 0 Å². The third-order valence-electron chi connectivity index (χ3n) is 2.37. The monoisotopic (exact) mass is 333 g/mol. The average Bonchev–Trinajstić information content (AvgIpc) is 2.21. The number of carbonyl (C=O) groups is 1. The van der Waals surface area contributed by atoms with Gasteiger partial charge in [0.25, 0.3) is 0 Å². The lowest BCUT2D eigenvalue weighted by Crippen LogP contribution is -2.32. The second kappa shape index (κ2) is 7.12. The van der Waals surface area contributed by atoms with E-state index in [0.29, 0.717) is 17.5 Å². The molecule has 0 saturated carbocycles. The summed E-state index contributed by atoms with van der Waals surface area (Å²) < 4.78 is 0.849. The summed E-state index contributed by atoms with van der Waals surface area (Å²) in [6.07, 6.45) is 0. The molecule has 0 radical (unpaired) electrons. The molecule has 0 spiro atoms. The van der Waals surface area contributed by atoms with Gasteiger partial charge < -0.3 is 5.11 Å². The quantitative estimate of drug-likeness (QED) is 0.863. The van der Waals surface area contributed by atoms with Crippen LogP contribution in [0.2, 0.25) is 5.02 Å².